The molecule has 5 heteroatoms. The van der Waals surface area contributed by atoms with Gasteiger partial charge in [-0.1, -0.05) is 39.7 Å². The van der Waals surface area contributed by atoms with Gasteiger partial charge in [0.25, 0.3) is 0 Å². The summed E-state index contributed by atoms with van der Waals surface area (Å²) in [5, 5.41) is 2.38. The Labute approximate surface area is 145 Å². The molecule has 3 nitrogen and oxygen atoms in total. The van der Waals surface area contributed by atoms with Gasteiger partial charge in [-0.3, -0.25) is 4.79 Å². The van der Waals surface area contributed by atoms with Gasteiger partial charge in [-0.25, -0.2) is 0 Å². The summed E-state index contributed by atoms with van der Waals surface area (Å²) in [6, 6.07) is 13.4. The number of halogens is 2. The fourth-order valence-electron chi connectivity index (χ4n) is 3.09. The number of aromatic nitrogens is 2. The lowest BCUT2D eigenvalue weighted by Crippen LogP contribution is -2.03. The maximum Gasteiger partial charge on any atom is 0.249 e. The number of rotatable bonds is 1. The minimum atomic E-state index is -0.192. The molecule has 0 aliphatic rings. The van der Waals surface area contributed by atoms with Crippen LogP contribution in [0.25, 0.3) is 33.1 Å². The lowest BCUT2D eigenvalue weighted by molar-refractivity contribution is 1.31. The Morgan fingerprint density at radius 2 is 1.74 bits per heavy atom. The fraction of sp³-hybridized carbons (Fsp3) is 0.0556. The Hall–Kier alpha value is -2.04. The zero-order chi connectivity index (χ0) is 16.1. The summed E-state index contributed by atoms with van der Waals surface area (Å²) >= 11 is 9.86. The molecule has 0 aliphatic heterocycles. The smallest absolute Gasteiger partial charge is 0.249 e. The molecule has 0 saturated carbocycles. The summed E-state index contributed by atoms with van der Waals surface area (Å²) < 4.78 is 1.03. The van der Waals surface area contributed by atoms with E-state index >= 15 is 0 Å². The van der Waals surface area contributed by atoms with Gasteiger partial charge in [0.1, 0.15) is 0 Å². The van der Waals surface area contributed by atoms with Crippen LogP contribution in [0, 0.1) is 6.92 Å². The summed E-state index contributed by atoms with van der Waals surface area (Å²) in [5.74, 6) is 0. The van der Waals surface area contributed by atoms with E-state index in [-0.39, 0.29) is 5.56 Å². The second-order valence-electron chi connectivity index (χ2n) is 5.53. The number of benzene rings is 2. The molecule has 114 valence electrons. The number of hydrogen-bond acceptors (Lipinski definition) is 1. The maximum absolute atomic E-state index is 11.6. The highest BCUT2D eigenvalue weighted by Gasteiger charge is 2.15. The molecule has 4 aromatic rings. The first-order valence-corrected chi connectivity index (χ1v) is 8.31. The zero-order valence-electron chi connectivity index (χ0n) is 12.2. The molecule has 0 aliphatic carbocycles. The van der Waals surface area contributed by atoms with Crippen molar-refractivity contribution in [3.05, 3.63) is 67.9 Å². The van der Waals surface area contributed by atoms with Crippen molar-refractivity contribution < 1.29 is 0 Å². The Bertz CT molecular complexity index is 1130. The Kier molecular flexibility index (Phi) is 3.32. The van der Waals surface area contributed by atoms with Crippen LogP contribution < -0.4 is 5.56 Å². The number of aromatic amines is 2. The second kappa shape index (κ2) is 5.25. The van der Waals surface area contributed by atoms with Crippen molar-refractivity contribution in [1.82, 2.24) is 9.97 Å². The van der Waals surface area contributed by atoms with Crippen molar-refractivity contribution >= 4 is 49.3 Å². The first-order valence-electron chi connectivity index (χ1n) is 7.14. The Balaban J connectivity index is 2.13. The van der Waals surface area contributed by atoms with E-state index in [0.29, 0.717) is 5.02 Å². The van der Waals surface area contributed by atoms with Crippen molar-refractivity contribution in [2.75, 3.05) is 0 Å². The third-order valence-corrected chi connectivity index (χ3v) is 4.87. The van der Waals surface area contributed by atoms with Gasteiger partial charge in [-0.15, -0.1) is 0 Å². The van der Waals surface area contributed by atoms with Crippen LogP contribution in [0.2, 0.25) is 5.02 Å². The summed E-state index contributed by atoms with van der Waals surface area (Å²) in [5.41, 5.74) is 4.81. The van der Waals surface area contributed by atoms with Crippen molar-refractivity contribution in [2.45, 2.75) is 6.92 Å². The third-order valence-electron chi connectivity index (χ3n) is 4.08. The van der Waals surface area contributed by atoms with Crippen molar-refractivity contribution in [1.29, 1.82) is 0 Å². The monoisotopic (exact) mass is 386 g/mol. The minimum Gasteiger partial charge on any atom is -0.354 e. The summed E-state index contributed by atoms with van der Waals surface area (Å²) in [6.45, 7) is 2.07. The summed E-state index contributed by atoms with van der Waals surface area (Å²) in [4.78, 5) is 18.0. The average Bonchev–Trinajstić information content (AvgIpc) is 2.84. The molecule has 4 rings (SSSR count). The minimum absolute atomic E-state index is 0.192. The Morgan fingerprint density at radius 3 is 2.48 bits per heavy atom. The molecule has 2 aromatic heterocycles. The van der Waals surface area contributed by atoms with Crippen molar-refractivity contribution in [3.8, 4) is 11.3 Å². The zero-order valence-corrected chi connectivity index (χ0v) is 14.5. The van der Waals surface area contributed by atoms with Gasteiger partial charge in [0.2, 0.25) is 5.56 Å². The molecule has 0 radical (unpaired) electrons. The lowest BCUT2D eigenvalue weighted by atomic mass is 10.0. The molecule has 23 heavy (non-hydrogen) atoms. The number of hydrogen-bond donors (Lipinski definition) is 2. The van der Waals surface area contributed by atoms with Crippen LogP contribution in [-0.4, -0.2) is 9.97 Å². The van der Waals surface area contributed by atoms with Gasteiger partial charge in [0.05, 0.1) is 10.5 Å². The fourth-order valence-corrected chi connectivity index (χ4v) is 3.79. The van der Waals surface area contributed by atoms with Crippen LogP contribution in [0.3, 0.4) is 0 Å². The van der Waals surface area contributed by atoms with Gasteiger partial charge < -0.3 is 9.97 Å². The summed E-state index contributed by atoms with van der Waals surface area (Å²) in [6.07, 6.45) is 0. The predicted molar refractivity (Wildman–Crippen MR) is 99.3 cm³/mol. The molecule has 0 fully saturated rings. The van der Waals surface area contributed by atoms with Crippen LogP contribution in [-0.2, 0) is 0 Å². The third kappa shape index (κ3) is 2.30. The SMILES string of the molecule is Cc1c(-c2cccc(Br)c2)[nH]c2ccc3[nH]c(=O)cc(Cl)c3c12. The van der Waals surface area contributed by atoms with E-state index in [1.165, 1.54) is 6.07 Å². The molecular weight excluding hydrogens is 376 g/mol. The molecular formula is C18H12BrClN2O. The highest BCUT2D eigenvalue weighted by Crippen LogP contribution is 2.36. The number of nitrogens with one attached hydrogen (secondary N) is 2. The standard InChI is InChI=1S/C18H12BrClN2O/c1-9-16-13(22-18(9)10-3-2-4-11(19)7-10)5-6-14-17(16)12(20)8-15(23)21-14/h2-8,22H,1H3,(H,21,23). The molecule has 0 saturated heterocycles. The van der Waals surface area contributed by atoms with E-state index in [1.807, 2.05) is 24.3 Å². The van der Waals surface area contributed by atoms with Gasteiger partial charge in [-0.05, 0) is 42.3 Å². The first kappa shape index (κ1) is 14.5. The van der Waals surface area contributed by atoms with E-state index in [1.54, 1.807) is 0 Å². The van der Waals surface area contributed by atoms with Crippen LogP contribution in [0.1, 0.15) is 5.56 Å². The predicted octanol–water partition coefficient (Wildman–Crippen LogP) is 5.40. The molecule has 2 aromatic carbocycles. The van der Waals surface area contributed by atoms with Gasteiger partial charge in [0.15, 0.2) is 0 Å². The molecule has 0 atom stereocenters. The number of H-pyrrole nitrogens is 2. The van der Waals surface area contributed by atoms with E-state index in [9.17, 15) is 4.79 Å². The molecule has 2 heterocycles. The number of fused-ring (bicyclic) bond motifs is 3. The second-order valence-corrected chi connectivity index (χ2v) is 6.85. The number of aryl methyl sites for hydroxylation is 1. The van der Waals surface area contributed by atoms with E-state index < -0.39 is 0 Å². The average molecular weight is 388 g/mol. The normalized spacial score (nSPS) is 11.4. The molecule has 0 spiro atoms. The largest absolute Gasteiger partial charge is 0.354 e. The molecule has 2 N–H and O–H groups in total. The quantitative estimate of drug-likeness (QED) is 0.451. The van der Waals surface area contributed by atoms with Gasteiger partial charge in [-0.2, -0.15) is 0 Å². The van der Waals surface area contributed by atoms with Crippen LogP contribution in [0.4, 0.5) is 0 Å². The summed E-state index contributed by atoms with van der Waals surface area (Å²) in [7, 11) is 0. The van der Waals surface area contributed by atoms with Crippen LogP contribution >= 0.6 is 27.5 Å². The Morgan fingerprint density at radius 1 is 1.00 bits per heavy atom. The number of pyridine rings is 1. The highest BCUT2D eigenvalue weighted by atomic mass is 79.9. The van der Waals surface area contributed by atoms with Crippen molar-refractivity contribution in [3.63, 3.8) is 0 Å². The first-order chi connectivity index (χ1) is 11.0. The highest BCUT2D eigenvalue weighted by molar-refractivity contribution is 9.10. The van der Waals surface area contributed by atoms with Gasteiger partial charge >= 0.3 is 0 Å². The maximum atomic E-state index is 11.6. The van der Waals surface area contributed by atoms with E-state index in [0.717, 1.165) is 43.1 Å². The van der Waals surface area contributed by atoms with Crippen LogP contribution in [0.15, 0.2) is 51.7 Å². The van der Waals surface area contributed by atoms with E-state index in [2.05, 4.69) is 45.0 Å². The van der Waals surface area contributed by atoms with Crippen LogP contribution in [0.5, 0.6) is 0 Å². The van der Waals surface area contributed by atoms with Crippen molar-refractivity contribution in [2.24, 2.45) is 0 Å². The molecule has 0 unspecified atom stereocenters. The topological polar surface area (TPSA) is 48.6 Å². The molecule has 0 bridgehead atoms. The van der Waals surface area contributed by atoms with Gasteiger partial charge in [0, 0.05) is 32.5 Å². The van der Waals surface area contributed by atoms with E-state index in [4.69, 9.17) is 11.6 Å². The lowest BCUT2D eigenvalue weighted by Gasteiger charge is -2.04. The molecule has 0 amide bonds.